The van der Waals surface area contributed by atoms with E-state index in [4.69, 9.17) is 20.6 Å². The van der Waals surface area contributed by atoms with E-state index >= 15 is 0 Å². The molecular formula is C13H14O3. The molecule has 0 N–H and O–H groups in total. The van der Waals surface area contributed by atoms with E-state index in [0.29, 0.717) is 6.61 Å². The highest BCUT2D eigenvalue weighted by atomic mass is 16.7. The molecule has 1 heterocycles. The van der Waals surface area contributed by atoms with Gasteiger partial charge < -0.3 is 14.2 Å². The van der Waals surface area contributed by atoms with E-state index in [1.807, 2.05) is 31.2 Å². The van der Waals surface area contributed by atoms with E-state index in [1.165, 1.54) is 0 Å². The monoisotopic (exact) mass is 218 g/mol. The number of hydrogen-bond acceptors (Lipinski definition) is 3. The Morgan fingerprint density at radius 2 is 2.12 bits per heavy atom. The average molecular weight is 218 g/mol. The van der Waals surface area contributed by atoms with Crippen LogP contribution in [0.1, 0.15) is 18.8 Å². The fourth-order valence-corrected chi connectivity index (χ4v) is 1.54. The van der Waals surface area contributed by atoms with Gasteiger partial charge in [0.25, 0.3) is 0 Å². The van der Waals surface area contributed by atoms with E-state index < -0.39 is 5.60 Å². The molecule has 1 aromatic rings. The molecule has 3 heteroatoms. The van der Waals surface area contributed by atoms with Gasteiger partial charge in [0.15, 0.2) is 11.9 Å². The lowest BCUT2D eigenvalue weighted by Gasteiger charge is -2.15. The molecule has 0 saturated carbocycles. The van der Waals surface area contributed by atoms with Crippen LogP contribution in [0.2, 0.25) is 0 Å². The molecular weight excluding hydrogens is 204 g/mol. The van der Waals surface area contributed by atoms with Crippen LogP contribution in [0, 0.1) is 12.3 Å². The Balaban J connectivity index is 2.12. The quantitative estimate of drug-likeness (QED) is 0.712. The fourth-order valence-electron chi connectivity index (χ4n) is 1.54. The van der Waals surface area contributed by atoms with Gasteiger partial charge in [-0.15, -0.1) is 6.42 Å². The molecule has 2 rings (SSSR count). The van der Waals surface area contributed by atoms with Crippen LogP contribution in [-0.2, 0) is 9.47 Å². The molecule has 0 bridgehead atoms. The highest BCUT2D eigenvalue weighted by Gasteiger charge is 2.36. The minimum Gasteiger partial charge on any atom is -0.497 e. The minimum atomic E-state index is -0.620. The van der Waals surface area contributed by atoms with Gasteiger partial charge in [-0.3, -0.25) is 0 Å². The molecule has 1 aliphatic rings. The average Bonchev–Trinajstić information content (AvgIpc) is 2.73. The van der Waals surface area contributed by atoms with Crippen molar-refractivity contribution in [1.29, 1.82) is 0 Å². The maximum Gasteiger partial charge on any atom is 0.186 e. The Hall–Kier alpha value is -1.50. The van der Waals surface area contributed by atoms with Gasteiger partial charge in [-0.2, -0.15) is 0 Å². The van der Waals surface area contributed by atoms with Crippen LogP contribution < -0.4 is 4.74 Å². The normalized spacial score (nSPS) is 28.7. The molecule has 1 aromatic carbocycles. The molecule has 1 unspecified atom stereocenters. The number of methoxy groups -OCH3 is 1. The Kier molecular flexibility index (Phi) is 2.86. The number of benzene rings is 1. The second-order valence-electron chi connectivity index (χ2n) is 3.91. The Morgan fingerprint density at radius 3 is 2.62 bits per heavy atom. The van der Waals surface area contributed by atoms with Gasteiger partial charge in [-0.05, 0) is 19.1 Å². The lowest BCUT2D eigenvalue weighted by atomic mass is 10.1. The lowest BCUT2D eigenvalue weighted by Crippen LogP contribution is -2.24. The zero-order valence-corrected chi connectivity index (χ0v) is 9.40. The first kappa shape index (κ1) is 11.0. The number of hydrogen-bond donors (Lipinski definition) is 0. The van der Waals surface area contributed by atoms with Crippen molar-refractivity contribution in [2.75, 3.05) is 13.7 Å². The van der Waals surface area contributed by atoms with Crippen LogP contribution in [0.5, 0.6) is 5.75 Å². The molecule has 84 valence electrons. The maximum atomic E-state index is 5.66. The zero-order valence-electron chi connectivity index (χ0n) is 9.40. The molecule has 0 aromatic heterocycles. The van der Waals surface area contributed by atoms with Crippen LogP contribution >= 0.6 is 0 Å². The highest BCUT2D eigenvalue weighted by molar-refractivity contribution is 5.28. The zero-order chi connectivity index (χ0) is 11.6. The van der Waals surface area contributed by atoms with E-state index in [9.17, 15) is 0 Å². The third kappa shape index (κ3) is 2.04. The molecule has 0 radical (unpaired) electrons. The second-order valence-corrected chi connectivity index (χ2v) is 3.91. The maximum absolute atomic E-state index is 5.66. The number of rotatable bonds is 2. The molecule has 2 atom stereocenters. The first-order valence-corrected chi connectivity index (χ1v) is 5.08. The number of ether oxygens (including phenoxy) is 3. The Bertz CT molecular complexity index is 404. The van der Waals surface area contributed by atoms with Crippen LogP contribution in [0.25, 0.3) is 0 Å². The van der Waals surface area contributed by atoms with E-state index in [-0.39, 0.29) is 6.29 Å². The van der Waals surface area contributed by atoms with Crippen LogP contribution in [0.15, 0.2) is 24.3 Å². The van der Waals surface area contributed by atoms with Gasteiger partial charge in [-0.1, -0.05) is 18.1 Å². The Morgan fingerprint density at radius 1 is 1.44 bits per heavy atom. The smallest absolute Gasteiger partial charge is 0.186 e. The van der Waals surface area contributed by atoms with Gasteiger partial charge in [-0.25, -0.2) is 0 Å². The second kappa shape index (κ2) is 4.17. The standard InChI is InChI=1S/C13H14O3/c1-4-13(2)9-15-12(16-13)10-5-7-11(14-3)8-6-10/h1,5-8,12H,9H2,2-3H3/t12?,13-/m1/s1. The van der Waals surface area contributed by atoms with Gasteiger partial charge in [0.05, 0.1) is 13.7 Å². The van der Waals surface area contributed by atoms with Crippen molar-refractivity contribution < 1.29 is 14.2 Å². The predicted octanol–water partition coefficient (Wildman–Crippen LogP) is 2.13. The summed E-state index contributed by atoms with van der Waals surface area (Å²) in [6, 6.07) is 7.55. The van der Waals surface area contributed by atoms with Crippen molar-refractivity contribution in [3.63, 3.8) is 0 Å². The molecule has 0 spiro atoms. The Labute approximate surface area is 95.3 Å². The van der Waals surface area contributed by atoms with Crippen LogP contribution in [-0.4, -0.2) is 19.3 Å². The van der Waals surface area contributed by atoms with Gasteiger partial charge in [0.2, 0.25) is 0 Å². The van der Waals surface area contributed by atoms with Crippen molar-refractivity contribution in [2.45, 2.75) is 18.8 Å². The topological polar surface area (TPSA) is 27.7 Å². The molecule has 1 fully saturated rings. The third-order valence-electron chi connectivity index (χ3n) is 2.57. The summed E-state index contributed by atoms with van der Waals surface area (Å²) >= 11 is 0. The summed E-state index contributed by atoms with van der Waals surface area (Å²) in [5.41, 5.74) is 0.324. The highest BCUT2D eigenvalue weighted by Crippen LogP contribution is 2.33. The lowest BCUT2D eigenvalue weighted by molar-refractivity contribution is -0.0712. The summed E-state index contributed by atoms with van der Waals surface area (Å²) in [7, 11) is 1.63. The third-order valence-corrected chi connectivity index (χ3v) is 2.57. The molecule has 0 amide bonds. The van der Waals surface area contributed by atoms with Gasteiger partial charge in [0.1, 0.15) is 5.75 Å². The summed E-state index contributed by atoms with van der Waals surface area (Å²) in [5, 5.41) is 0. The van der Waals surface area contributed by atoms with Crippen molar-refractivity contribution in [3.05, 3.63) is 29.8 Å². The van der Waals surface area contributed by atoms with E-state index in [2.05, 4.69) is 5.92 Å². The molecule has 16 heavy (non-hydrogen) atoms. The molecule has 3 nitrogen and oxygen atoms in total. The number of terminal acetylenes is 1. The minimum absolute atomic E-state index is 0.382. The largest absolute Gasteiger partial charge is 0.497 e. The van der Waals surface area contributed by atoms with Crippen molar-refractivity contribution >= 4 is 0 Å². The summed E-state index contributed by atoms with van der Waals surface area (Å²) in [4.78, 5) is 0. The van der Waals surface area contributed by atoms with Crippen molar-refractivity contribution in [1.82, 2.24) is 0 Å². The SMILES string of the molecule is C#C[C@]1(C)COC(c2ccc(OC)cc2)O1. The van der Waals surface area contributed by atoms with Gasteiger partial charge in [0, 0.05) is 5.56 Å². The van der Waals surface area contributed by atoms with Crippen LogP contribution in [0.3, 0.4) is 0 Å². The van der Waals surface area contributed by atoms with Crippen LogP contribution in [0.4, 0.5) is 0 Å². The first-order chi connectivity index (χ1) is 7.67. The summed E-state index contributed by atoms with van der Waals surface area (Å²) in [5.74, 6) is 3.40. The van der Waals surface area contributed by atoms with E-state index in [1.54, 1.807) is 7.11 Å². The van der Waals surface area contributed by atoms with Gasteiger partial charge >= 0.3 is 0 Å². The molecule has 1 saturated heterocycles. The summed E-state index contributed by atoms with van der Waals surface area (Å²) in [6.45, 7) is 2.26. The fraction of sp³-hybridized carbons (Fsp3) is 0.385. The predicted molar refractivity (Wildman–Crippen MR) is 60.0 cm³/mol. The summed E-state index contributed by atoms with van der Waals surface area (Å²) < 4.78 is 16.3. The van der Waals surface area contributed by atoms with Crippen molar-refractivity contribution in [3.8, 4) is 18.1 Å². The summed E-state index contributed by atoms with van der Waals surface area (Å²) in [6.07, 6.45) is 5.00. The molecule has 0 aliphatic carbocycles. The first-order valence-electron chi connectivity index (χ1n) is 5.08. The van der Waals surface area contributed by atoms with Crippen molar-refractivity contribution in [2.24, 2.45) is 0 Å². The molecule has 1 aliphatic heterocycles. The van der Waals surface area contributed by atoms with E-state index in [0.717, 1.165) is 11.3 Å².